The molecule has 10 heteroatoms. The molecule has 3 aromatic heterocycles. The van der Waals surface area contributed by atoms with E-state index in [-0.39, 0.29) is 16.7 Å². The summed E-state index contributed by atoms with van der Waals surface area (Å²) < 4.78 is 26.8. The number of amides is 1. The molecule has 1 aliphatic heterocycles. The molecule has 1 N–H and O–H groups in total. The average molecular weight is 449 g/mol. The number of carbonyl (C=O) groups excluding carboxylic acids is 1. The number of aromatic nitrogens is 2. The monoisotopic (exact) mass is 448 g/mol. The van der Waals surface area contributed by atoms with Crippen molar-refractivity contribution in [2.24, 2.45) is 5.92 Å². The van der Waals surface area contributed by atoms with Gasteiger partial charge in [-0.1, -0.05) is 0 Å². The zero-order valence-electron chi connectivity index (χ0n) is 15.7. The van der Waals surface area contributed by atoms with Gasteiger partial charge in [0.15, 0.2) is 5.13 Å². The summed E-state index contributed by atoms with van der Waals surface area (Å²) in [5.74, 6) is -0.335. The van der Waals surface area contributed by atoms with Gasteiger partial charge in [-0.25, -0.2) is 13.4 Å². The first-order valence-electron chi connectivity index (χ1n) is 9.17. The van der Waals surface area contributed by atoms with Crippen LogP contribution in [0.3, 0.4) is 0 Å². The number of rotatable bonds is 5. The van der Waals surface area contributed by atoms with Gasteiger partial charge < -0.3 is 5.32 Å². The Bertz CT molecular complexity index is 1100. The number of thiophene rings is 1. The highest BCUT2D eigenvalue weighted by Gasteiger charge is 2.32. The maximum Gasteiger partial charge on any atom is 0.244 e. The van der Waals surface area contributed by atoms with E-state index in [9.17, 15) is 13.2 Å². The molecule has 1 aliphatic rings. The highest BCUT2D eigenvalue weighted by Crippen LogP contribution is 2.31. The van der Waals surface area contributed by atoms with E-state index in [4.69, 9.17) is 0 Å². The van der Waals surface area contributed by atoms with Crippen molar-refractivity contribution < 1.29 is 13.2 Å². The van der Waals surface area contributed by atoms with Gasteiger partial charge in [0.2, 0.25) is 15.9 Å². The Morgan fingerprint density at radius 3 is 2.69 bits per heavy atom. The summed E-state index contributed by atoms with van der Waals surface area (Å²) >= 11 is 3.06. The molecule has 0 bridgehead atoms. The number of nitrogens with one attached hydrogen (secondary N) is 1. The van der Waals surface area contributed by atoms with Crippen molar-refractivity contribution in [3.05, 3.63) is 46.9 Å². The van der Waals surface area contributed by atoms with Gasteiger partial charge in [-0.05, 0) is 44.0 Å². The number of hydrogen-bond acceptors (Lipinski definition) is 7. The first-order chi connectivity index (χ1) is 13.9. The Morgan fingerprint density at radius 2 is 2.03 bits per heavy atom. The van der Waals surface area contributed by atoms with Crippen LogP contribution in [0.2, 0.25) is 0 Å². The number of thiazole rings is 1. The minimum atomic E-state index is -3.57. The number of nitrogens with zero attached hydrogens (tertiary/aromatic N) is 3. The van der Waals surface area contributed by atoms with Gasteiger partial charge in [0.25, 0.3) is 0 Å². The van der Waals surface area contributed by atoms with Gasteiger partial charge >= 0.3 is 0 Å². The fourth-order valence-corrected chi connectivity index (χ4v) is 6.28. The fraction of sp³-hybridized carbons (Fsp3) is 0.316. The summed E-state index contributed by atoms with van der Waals surface area (Å²) in [5.41, 5.74) is 0.862. The van der Waals surface area contributed by atoms with Crippen LogP contribution in [0.1, 0.15) is 17.7 Å². The van der Waals surface area contributed by atoms with Crippen molar-refractivity contribution >= 4 is 43.7 Å². The molecular formula is C19H20N4O3S3. The van der Waals surface area contributed by atoms with Crippen LogP contribution in [0.15, 0.2) is 46.9 Å². The Labute approximate surface area is 177 Å². The van der Waals surface area contributed by atoms with Crippen LogP contribution in [0, 0.1) is 12.8 Å². The lowest BCUT2D eigenvalue weighted by Crippen LogP contribution is -2.41. The van der Waals surface area contributed by atoms with E-state index in [0.717, 1.165) is 10.6 Å². The SMILES string of the molecule is Cc1ccc(-c2csc(NC(=O)C3CCN(S(=O)(=O)c4cccnc4)CC3)n2)s1. The van der Waals surface area contributed by atoms with Crippen molar-refractivity contribution in [2.45, 2.75) is 24.7 Å². The van der Waals surface area contributed by atoms with Crippen molar-refractivity contribution in [3.63, 3.8) is 0 Å². The molecule has 29 heavy (non-hydrogen) atoms. The first-order valence-corrected chi connectivity index (χ1v) is 12.3. The van der Waals surface area contributed by atoms with Gasteiger partial charge in [-0.3, -0.25) is 9.78 Å². The Morgan fingerprint density at radius 1 is 1.24 bits per heavy atom. The van der Waals surface area contributed by atoms with Crippen LogP contribution in [-0.4, -0.2) is 41.7 Å². The van der Waals surface area contributed by atoms with Crippen LogP contribution < -0.4 is 5.32 Å². The lowest BCUT2D eigenvalue weighted by molar-refractivity contribution is -0.120. The number of sulfonamides is 1. The van der Waals surface area contributed by atoms with Crippen LogP contribution in [0.25, 0.3) is 10.6 Å². The Kier molecular flexibility index (Phi) is 5.77. The Hall–Kier alpha value is -2.14. The second-order valence-corrected chi connectivity index (χ2v) is 10.9. The maximum atomic E-state index is 12.7. The number of hydrogen-bond donors (Lipinski definition) is 1. The molecule has 0 spiro atoms. The second kappa shape index (κ2) is 8.31. The maximum absolute atomic E-state index is 12.7. The van der Waals surface area contributed by atoms with Gasteiger partial charge in [-0.2, -0.15) is 4.31 Å². The van der Waals surface area contributed by atoms with Crippen molar-refractivity contribution in [3.8, 4) is 10.6 Å². The lowest BCUT2D eigenvalue weighted by Gasteiger charge is -2.30. The standard InChI is InChI=1S/C19H20N4O3S3/c1-13-4-5-17(28-13)16-12-27-19(21-16)22-18(24)14-6-9-23(10-7-14)29(25,26)15-3-2-8-20-11-15/h2-5,8,11-12,14H,6-7,9-10H2,1H3,(H,21,22,24). The minimum Gasteiger partial charge on any atom is -0.302 e. The molecule has 0 aliphatic carbocycles. The largest absolute Gasteiger partial charge is 0.302 e. The average Bonchev–Trinajstić information content (AvgIpc) is 3.37. The molecule has 4 rings (SSSR count). The number of carbonyl (C=O) groups is 1. The second-order valence-electron chi connectivity index (χ2n) is 6.80. The number of anilines is 1. The molecule has 152 valence electrons. The molecule has 0 saturated carbocycles. The predicted molar refractivity (Wildman–Crippen MR) is 115 cm³/mol. The smallest absolute Gasteiger partial charge is 0.244 e. The molecule has 4 heterocycles. The van der Waals surface area contributed by atoms with Crippen molar-refractivity contribution in [2.75, 3.05) is 18.4 Å². The zero-order chi connectivity index (χ0) is 20.4. The number of piperidine rings is 1. The fourth-order valence-electron chi connectivity index (χ4n) is 3.23. The van der Waals surface area contributed by atoms with E-state index in [1.807, 2.05) is 24.4 Å². The quantitative estimate of drug-likeness (QED) is 0.644. The van der Waals surface area contributed by atoms with E-state index >= 15 is 0 Å². The van der Waals surface area contributed by atoms with Gasteiger partial charge in [-0.15, -0.1) is 22.7 Å². The molecular weight excluding hydrogens is 428 g/mol. The van der Waals surface area contributed by atoms with E-state index in [1.54, 1.807) is 23.6 Å². The third-order valence-corrected chi connectivity index (χ3v) is 8.49. The molecule has 7 nitrogen and oxygen atoms in total. The van der Waals surface area contributed by atoms with Crippen LogP contribution in [0.5, 0.6) is 0 Å². The first kappa shape index (κ1) is 20.1. The highest BCUT2D eigenvalue weighted by molar-refractivity contribution is 7.89. The summed E-state index contributed by atoms with van der Waals surface area (Å²) in [5, 5.41) is 5.39. The number of aryl methyl sites for hydroxylation is 1. The summed E-state index contributed by atoms with van der Waals surface area (Å²) in [6.45, 7) is 2.67. The van der Waals surface area contributed by atoms with Gasteiger partial charge in [0, 0.05) is 41.7 Å². The topological polar surface area (TPSA) is 92.3 Å². The third kappa shape index (κ3) is 4.40. The minimum absolute atomic E-state index is 0.105. The van der Waals surface area contributed by atoms with Gasteiger partial charge in [0.1, 0.15) is 4.90 Å². The normalized spacial score (nSPS) is 16.0. The summed E-state index contributed by atoms with van der Waals surface area (Å²) in [6.07, 6.45) is 3.85. The molecule has 3 aromatic rings. The summed E-state index contributed by atoms with van der Waals surface area (Å²) in [7, 11) is -3.57. The van der Waals surface area contributed by atoms with E-state index in [0.29, 0.717) is 31.1 Å². The number of pyridine rings is 1. The van der Waals surface area contributed by atoms with E-state index in [1.165, 1.54) is 32.8 Å². The molecule has 1 fully saturated rings. The van der Waals surface area contributed by atoms with Gasteiger partial charge in [0.05, 0.1) is 10.6 Å². The highest BCUT2D eigenvalue weighted by atomic mass is 32.2. The van der Waals surface area contributed by atoms with Crippen LogP contribution >= 0.6 is 22.7 Å². The van der Waals surface area contributed by atoms with Crippen LogP contribution in [0.4, 0.5) is 5.13 Å². The molecule has 0 radical (unpaired) electrons. The van der Waals surface area contributed by atoms with Crippen molar-refractivity contribution in [1.82, 2.24) is 14.3 Å². The van der Waals surface area contributed by atoms with Crippen molar-refractivity contribution in [1.29, 1.82) is 0 Å². The van der Waals surface area contributed by atoms with E-state index in [2.05, 4.69) is 15.3 Å². The van der Waals surface area contributed by atoms with E-state index < -0.39 is 10.0 Å². The molecule has 0 atom stereocenters. The van der Waals surface area contributed by atoms with Crippen LogP contribution in [-0.2, 0) is 14.8 Å². The zero-order valence-corrected chi connectivity index (χ0v) is 18.2. The predicted octanol–water partition coefficient (Wildman–Crippen LogP) is 3.61. The Balaban J connectivity index is 1.35. The lowest BCUT2D eigenvalue weighted by atomic mass is 9.97. The summed E-state index contributed by atoms with van der Waals surface area (Å²) in [6, 6.07) is 7.22. The molecule has 1 saturated heterocycles. The molecule has 0 unspecified atom stereocenters. The third-order valence-electron chi connectivity index (χ3n) is 4.82. The summed E-state index contributed by atoms with van der Waals surface area (Å²) in [4.78, 5) is 23.5. The molecule has 1 amide bonds. The molecule has 0 aromatic carbocycles.